The van der Waals surface area contributed by atoms with E-state index >= 15 is 0 Å². The molecule has 0 aliphatic heterocycles. The first-order valence-corrected chi connectivity index (χ1v) is 7.66. The van der Waals surface area contributed by atoms with Crippen LogP contribution in [0.5, 0.6) is 0 Å². The number of anilines is 1. The van der Waals surface area contributed by atoms with Crippen molar-refractivity contribution < 1.29 is 4.74 Å². The Balaban J connectivity index is 2.69. The van der Waals surface area contributed by atoms with Crippen LogP contribution in [0.1, 0.15) is 33.3 Å². The molecule has 1 aromatic rings. The van der Waals surface area contributed by atoms with Crippen molar-refractivity contribution in [3.05, 3.63) is 22.8 Å². The zero-order chi connectivity index (χ0) is 15.0. The van der Waals surface area contributed by atoms with Crippen LogP contribution in [0.3, 0.4) is 0 Å². The van der Waals surface area contributed by atoms with E-state index in [-0.39, 0.29) is 0 Å². The van der Waals surface area contributed by atoms with Crippen molar-refractivity contribution in [2.24, 2.45) is 0 Å². The number of rotatable bonds is 9. The number of hydrogen-bond acceptors (Lipinski definition) is 4. The Labute approximate surface area is 127 Å². The van der Waals surface area contributed by atoms with Crippen LogP contribution in [-0.4, -0.2) is 37.3 Å². The van der Waals surface area contributed by atoms with Crippen LogP contribution < -0.4 is 10.2 Å². The van der Waals surface area contributed by atoms with Crippen molar-refractivity contribution in [1.82, 2.24) is 10.3 Å². The Morgan fingerprint density at radius 3 is 2.70 bits per heavy atom. The molecule has 0 atom stereocenters. The van der Waals surface area contributed by atoms with Crippen LogP contribution in [0.2, 0.25) is 5.02 Å². The average Bonchev–Trinajstić information content (AvgIpc) is 2.42. The number of halogens is 1. The van der Waals surface area contributed by atoms with Crippen molar-refractivity contribution >= 4 is 17.4 Å². The van der Waals surface area contributed by atoms with Gasteiger partial charge >= 0.3 is 0 Å². The van der Waals surface area contributed by atoms with E-state index in [0.717, 1.165) is 37.6 Å². The molecule has 0 saturated heterocycles. The molecule has 0 amide bonds. The molecule has 0 saturated carbocycles. The van der Waals surface area contributed by atoms with E-state index in [9.17, 15) is 0 Å². The molecule has 0 spiro atoms. The summed E-state index contributed by atoms with van der Waals surface area (Å²) in [6, 6.07) is 2.44. The summed E-state index contributed by atoms with van der Waals surface area (Å²) >= 11 is 6.36. The van der Waals surface area contributed by atoms with Gasteiger partial charge in [0.2, 0.25) is 0 Å². The fourth-order valence-electron chi connectivity index (χ4n) is 1.85. The van der Waals surface area contributed by atoms with Gasteiger partial charge in [0, 0.05) is 38.5 Å². The Bertz CT molecular complexity index is 399. The lowest BCUT2D eigenvalue weighted by molar-refractivity contribution is 0.154. The molecule has 114 valence electrons. The standard InChI is InChI=1S/C15H26ClN3O/c1-5-19(7-8-20-6-2)15-14(16)9-13(11-18-15)10-17-12(3)4/h9,11-12,17H,5-8,10H2,1-4H3. The summed E-state index contributed by atoms with van der Waals surface area (Å²) in [6.07, 6.45) is 1.89. The minimum absolute atomic E-state index is 0.451. The number of aromatic nitrogens is 1. The first kappa shape index (κ1) is 17.2. The van der Waals surface area contributed by atoms with Crippen LogP contribution in [0.15, 0.2) is 12.3 Å². The van der Waals surface area contributed by atoms with E-state index in [2.05, 4.69) is 36.0 Å². The predicted molar refractivity (Wildman–Crippen MR) is 85.6 cm³/mol. The van der Waals surface area contributed by atoms with E-state index in [1.54, 1.807) is 0 Å². The van der Waals surface area contributed by atoms with Crippen molar-refractivity contribution in [3.8, 4) is 0 Å². The number of nitrogens with zero attached hydrogens (tertiary/aromatic N) is 2. The molecule has 0 unspecified atom stereocenters. The highest BCUT2D eigenvalue weighted by molar-refractivity contribution is 6.33. The lowest BCUT2D eigenvalue weighted by Crippen LogP contribution is -2.28. The van der Waals surface area contributed by atoms with Gasteiger partial charge in [-0.05, 0) is 25.5 Å². The Morgan fingerprint density at radius 2 is 2.15 bits per heavy atom. The van der Waals surface area contributed by atoms with Gasteiger partial charge in [-0.1, -0.05) is 25.4 Å². The van der Waals surface area contributed by atoms with Gasteiger partial charge in [-0.25, -0.2) is 4.98 Å². The van der Waals surface area contributed by atoms with Crippen molar-refractivity contribution in [2.75, 3.05) is 31.2 Å². The molecule has 0 aromatic carbocycles. The summed E-state index contributed by atoms with van der Waals surface area (Å²) in [5.74, 6) is 0.835. The van der Waals surface area contributed by atoms with Gasteiger partial charge in [0.1, 0.15) is 5.82 Å². The number of pyridine rings is 1. The van der Waals surface area contributed by atoms with E-state index in [4.69, 9.17) is 16.3 Å². The van der Waals surface area contributed by atoms with Gasteiger partial charge < -0.3 is 15.0 Å². The molecule has 0 radical (unpaired) electrons. The Kier molecular flexibility index (Phi) is 7.88. The second-order valence-corrected chi connectivity index (χ2v) is 5.37. The lowest BCUT2D eigenvalue weighted by atomic mass is 10.2. The van der Waals surface area contributed by atoms with Gasteiger partial charge in [-0.3, -0.25) is 0 Å². The molecule has 1 rings (SSSR count). The van der Waals surface area contributed by atoms with Gasteiger partial charge in [-0.15, -0.1) is 0 Å². The van der Waals surface area contributed by atoms with E-state index in [1.807, 2.05) is 19.2 Å². The number of nitrogens with one attached hydrogen (secondary N) is 1. The molecular formula is C15H26ClN3O. The summed E-state index contributed by atoms with van der Waals surface area (Å²) in [7, 11) is 0. The first-order valence-electron chi connectivity index (χ1n) is 7.28. The average molecular weight is 300 g/mol. The Hall–Kier alpha value is -0.840. The van der Waals surface area contributed by atoms with Crippen molar-refractivity contribution in [1.29, 1.82) is 0 Å². The minimum atomic E-state index is 0.451. The van der Waals surface area contributed by atoms with Crippen LogP contribution in [-0.2, 0) is 11.3 Å². The SMILES string of the molecule is CCOCCN(CC)c1ncc(CNC(C)C)cc1Cl. The molecule has 1 N–H and O–H groups in total. The highest BCUT2D eigenvalue weighted by Gasteiger charge is 2.11. The van der Waals surface area contributed by atoms with E-state index < -0.39 is 0 Å². The fourth-order valence-corrected chi connectivity index (χ4v) is 2.16. The number of likely N-dealkylation sites (N-methyl/N-ethyl adjacent to an activating group) is 1. The summed E-state index contributed by atoms with van der Waals surface area (Å²) in [5, 5.41) is 4.06. The molecular weight excluding hydrogens is 274 g/mol. The summed E-state index contributed by atoms with van der Waals surface area (Å²) < 4.78 is 5.39. The Morgan fingerprint density at radius 1 is 1.40 bits per heavy atom. The van der Waals surface area contributed by atoms with Crippen molar-refractivity contribution in [3.63, 3.8) is 0 Å². The highest BCUT2D eigenvalue weighted by atomic mass is 35.5. The van der Waals surface area contributed by atoms with Gasteiger partial charge in [0.25, 0.3) is 0 Å². The second-order valence-electron chi connectivity index (χ2n) is 4.96. The van der Waals surface area contributed by atoms with Gasteiger partial charge in [-0.2, -0.15) is 0 Å². The molecule has 4 nitrogen and oxygen atoms in total. The quantitative estimate of drug-likeness (QED) is 0.711. The third-order valence-electron chi connectivity index (χ3n) is 2.98. The predicted octanol–water partition coefficient (Wildman–Crippen LogP) is 3.10. The van der Waals surface area contributed by atoms with Crippen LogP contribution in [0.4, 0.5) is 5.82 Å². The summed E-state index contributed by atoms with van der Waals surface area (Å²) in [5.41, 5.74) is 1.10. The first-order chi connectivity index (χ1) is 9.58. The maximum atomic E-state index is 6.36. The van der Waals surface area contributed by atoms with E-state index in [1.165, 1.54) is 0 Å². The molecule has 0 bridgehead atoms. The third-order valence-corrected chi connectivity index (χ3v) is 3.26. The highest BCUT2D eigenvalue weighted by Crippen LogP contribution is 2.23. The lowest BCUT2D eigenvalue weighted by Gasteiger charge is -2.23. The normalized spacial score (nSPS) is 11.1. The largest absolute Gasteiger partial charge is 0.380 e. The van der Waals surface area contributed by atoms with Gasteiger partial charge in [0.05, 0.1) is 11.6 Å². The maximum Gasteiger partial charge on any atom is 0.147 e. The third kappa shape index (κ3) is 5.65. The van der Waals surface area contributed by atoms with Crippen molar-refractivity contribution in [2.45, 2.75) is 40.3 Å². The molecule has 1 heterocycles. The molecule has 0 fully saturated rings. The van der Waals surface area contributed by atoms with Gasteiger partial charge in [0.15, 0.2) is 0 Å². The van der Waals surface area contributed by atoms with Crippen LogP contribution in [0, 0.1) is 0 Å². The monoisotopic (exact) mass is 299 g/mol. The minimum Gasteiger partial charge on any atom is -0.380 e. The van der Waals surface area contributed by atoms with E-state index in [0.29, 0.717) is 17.7 Å². The molecule has 20 heavy (non-hydrogen) atoms. The smallest absolute Gasteiger partial charge is 0.147 e. The topological polar surface area (TPSA) is 37.4 Å². The zero-order valence-electron chi connectivity index (χ0n) is 12.9. The van der Waals surface area contributed by atoms with Crippen LogP contribution in [0.25, 0.3) is 0 Å². The zero-order valence-corrected chi connectivity index (χ0v) is 13.7. The summed E-state index contributed by atoms with van der Waals surface area (Å²) in [6.45, 7) is 12.2. The molecule has 0 aliphatic rings. The second kappa shape index (κ2) is 9.16. The molecule has 5 heteroatoms. The maximum absolute atomic E-state index is 6.36. The summed E-state index contributed by atoms with van der Waals surface area (Å²) in [4.78, 5) is 6.64. The number of ether oxygens (including phenoxy) is 1. The van der Waals surface area contributed by atoms with Crippen LogP contribution >= 0.6 is 11.6 Å². The number of hydrogen-bond donors (Lipinski definition) is 1. The molecule has 0 aliphatic carbocycles. The fraction of sp³-hybridized carbons (Fsp3) is 0.667. The molecule has 1 aromatic heterocycles.